The molecule has 0 aliphatic carbocycles. The standard InChI is InChI=1S/C29H35NO6/c1-3-5-7-9-18-34-22-16-14-21(15-17-22)28(32)30-24-13-11-12-23-25(31)20-26(36-27(23)24)29(33)35-19-10-8-6-4-2/h11-17,20H,3-10,18-19H2,1-2H3,(H,30,32). The van der Waals surface area contributed by atoms with Crippen LogP contribution in [0.25, 0.3) is 11.0 Å². The molecule has 0 aliphatic rings. The van der Waals surface area contributed by atoms with E-state index in [0.29, 0.717) is 23.6 Å². The molecule has 3 aromatic rings. The largest absolute Gasteiger partial charge is 0.494 e. The molecule has 0 unspecified atom stereocenters. The van der Waals surface area contributed by atoms with Crippen LogP contribution in [-0.4, -0.2) is 25.1 Å². The van der Waals surface area contributed by atoms with Crippen molar-refractivity contribution < 1.29 is 23.5 Å². The SMILES string of the molecule is CCCCCCOC(=O)c1cc(=O)c2cccc(NC(=O)c3ccc(OCCCCCC)cc3)c2o1. The molecule has 1 amide bonds. The number of carbonyl (C=O) groups excluding carboxylic acids is 2. The number of para-hydroxylation sites is 1. The van der Waals surface area contributed by atoms with Gasteiger partial charge in [-0.1, -0.05) is 58.4 Å². The molecular weight excluding hydrogens is 458 g/mol. The van der Waals surface area contributed by atoms with E-state index in [0.717, 1.165) is 44.6 Å². The van der Waals surface area contributed by atoms with Crippen molar-refractivity contribution in [3.8, 4) is 5.75 Å². The van der Waals surface area contributed by atoms with Crippen LogP contribution in [0.2, 0.25) is 0 Å². The zero-order valence-electron chi connectivity index (χ0n) is 21.1. The minimum Gasteiger partial charge on any atom is -0.494 e. The molecule has 3 rings (SSSR count). The maximum atomic E-state index is 12.9. The molecule has 192 valence electrons. The van der Waals surface area contributed by atoms with E-state index in [1.165, 1.54) is 12.8 Å². The lowest BCUT2D eigenvalue weighted by Crippen LogP contribution is -2.14. The third kappa shape index (κ3) is 7.70. The molecule has 0 saturated heterocycles. The molecule has 2 aromatic carbocycles. The molecule has 7 heteroatoms. The molecule has 0 saturated carbocycles. The van der Waals surface area contributed by atoms with Crippen LogP contribution < -0.4 is 15.5 Å². The van der Waals surface area contributed by atoms with Gasteiger partial charge in [0, 0.05) is 11.6 Å². The first-order valence-electron chi connectivity index (χ1n) is 12.8. The van der Waals surface area contributed by atoms with Crippen LogP contribution in [0.5, 0.6) is 5.75 Å². The van der Waals surface area contributed by atoms with Crippen molar-refractivity contribution >= 4 is 28.5 Å². The Morgan fingerprint density at radius 3 is 2.25 bits per heavy atom. The van der Waals surface area contributed by atoms with Gasteiger partial charge in [0.1, 0.15) is 5.75 Å². The van der Waals surface area contributed by atoms with Gasteiger partial charge in [0.25, 0.3) is 5.91 Å². The normalized spacial score (nSPS) is 10.8. The smallest absolute Gasteiger partial charge is 0.374 e. The van der Waals surface area contributed by atoms with Gasteiger partial charge in [0.15, 0.2) is 11.0 Å². The number of anilines is 1. The van der Waals surface area contributed by atoms with Crippen LogP contribution in [0.3, 0.4) is 0 Å². The Bertz CT molecular complexity index is 1200. The maximum absolute atomic E-state index is 12.9. The Labute approximate surface area is 211 Å². The number of esters is 1. The molecule has 1 N–H and O–H groups in total. The van der Waals surface area contributed by atoms with Crippen LogP contribution in [0.15, 0.2) is 57.7 Å². The quantitative estimate of drug-likeness (QED) is 0.197. The fourth-order valence-corrected chi connectivity index (χ4v) is 3.76. The lowest BCUT2D eigenvalue weighted by molar-refractivity contribution is 0.0462. The van der Waals surface area contributed by atoms with Gasteiger partial charge in [-0.2, -0.15) is 0 Å². The summed E-state index contributed by atoms with van der Waals surface area (Å²) in [6, 6.07) is 12.9. The molecule has 0 fully saturated rings. The van der Waals surface area contributed by atoms with Crippen molar-refractivity contribution in [3.63, 3.8) is 0 Å². The van der Waals surface area contributed by atoms with Crippen molar-refractivity contribution in [2.45, 2.75) is 65.2 Å². The first-order chi connectivity index (χ1) is 17.5. The molecule has 1 aromatic heterocycles. The molecule has 0 aliphatic heterocycles. The van der Waals surface area contributed by atoms with E-state index in [-0.39, 0.29) is 34.7 Å². The van der Waals surface area contributed by atoms with Gasteiger partial charge < -0.3 is 19.2 Å². The van der Waals surface area contributed by atoms with Crippen LogP contribution in [-0.2, 0) is 4.74 Å². The Morgan fingerprint density at radius 2 is 1.56 bits per heavy atom. The van der Waals surface area contributed by atoms with Crippen LogP contribution in [0.4, 0.5) is 5.69 Å². The minimum atomic E-state index is -0.697. The number of benzene rings is 2. The zero-order valence-corrected chi connectivity index (χ0v) is 21.1. The number of hydrogen-bond acceptors (Lipinski definition) is 6. The van der Waals surface area contributed by atoms with Crippen LogP contribution in [0.1, 0.15) is 86.1 Å². The Morgan fingerprint density at radius 1 is 0.861 bits per heavy atom. The number of ether oxygens (including phenoxy) is 2. The number of fused-ring (bicyclic) bond motifs is 1. The molecule has 0 bridgehead atoms. The van der Waals surface area contributed by atoms with Gasteiger partial charge in [-0.25, -0.2) is 4.79 Å². The first kappa shape index (κ1) is 27.0. The molecule has 36 heavy (non-hydrogen) atoms. The van der Waals surface area contributed by atoms with Gasteiger partial charge in [-0.15, -0.1) is 0 Å². The summed E-state index contributed by atoms with van der Waals surface area (Å²) in [5.74, 6) is -0.553. The molecule has 0 spiro atoms. The Kier molecular flexibility index (Phi) is 10.5. The van der Waals surface area contributed by atoms with Crippen molar-refractivity contribution in [2.24, 2.45) is 0 Å². The van der Waals surface area contributed by atoms with Crippen LogP contribution in [0, 0.1) is 0 Å². The molecule has 7 nitrogen and oxygen atoms in total. The first-order valence-corrected chi connectivity index (χ1v) is 12.8. The van der Waals surface area contributed by atoms with Gasteiger partial charge in [-0.05, 0) is 49.2 Å². The number of rotatable bonds is 14. The summed E-state index contributed by atoms with van der Waals surface area (Å²) in [6.07, 6.45) is 8.37. The van der Waals surface area contributed by atoms with Crippen LogP contribution >= 0.6 is 0 Å². The second-order valence-corrected chi connectivity index (χ2v) is 8.74. The van der Waals surface area contributed by atoms with Gasteiger partial charge in [0.05, 0.1) is 24.3 Å². The molecular formula is C29H35NO6. The number of unbranched alkanes of at least 4 members (excludes halogenated alkanes) is 6. The predicted octanol–water partition coefficient (Wildman–Crippen LogP) is 6.74. The second-order valence-electron chi connectivity index (χ2n) is 8.74. The van der Waals surface area contributed by atoms with Gasteiger partial charge >= 0.3 is 5.97 Å². The fourth-order valence-electron chi connectivity index (χ4n) is 3.76. The van der Waals surface area contributed by atoms with E-state index in [1.807, 2.05) is 0 Å². The Hall–Kier alpha value is -3.61. The van der Waals surface area contributed by atoms with E-state index < -0.39 is 5.97 Å². The second kappa shape index (κ2) is 14.1. The van der Waals surface area contributed by atoms with Gasteiger partial charge in [-0.3, -0.25) is 9.59 Å². The average Bonchev–Trinajstić information content (AvgIpc) is 2.89. The van der Waals surface area contributed by atoms with E-state index in [4.69, 9.17) is 13.9 Å². The topological polar surface area (TPSA) is 94.8 Å². The third-order valence-electron chi connectivity index (χ3n) is 5.82. The molecule has 1 heterocycles. The highest BCUT2D eigenvalue weighted by Gasteiger charge is 2.17. The van der Waals surface area contributed by atoms with E-state index in [1.54, 1.807) is 42.5 Å². The minimum absolute atomic E-state index is 0.128. The number of nitrogens with one attached hydrogen (secondary N) is 1. The van der Waals surface area contributed by atoms with Crippen molar-refractivity contribution in [2.75, 3.05) is 18.5 Å². The maximum Gasteiger partial charge on any atom is 0.374 e. The lowest BCUT2D eigenvalue weighted by atomic mass is 10.1. The highest BCUT2D eigenvalue weighted by molar-refractivity contribution is 6.08. The van der Waals surface area contributed by atoms with E-state index in [9.17, 15) is 14.4 Å². The summed E-state index contributed by atoms with van der Waals surface area (Å²) in [7, 11) is 0. The monoisotopic (exact) mass is 493 g/mol. The highest BCUT2D eigenvalue weighted by atomic mass is 16.5. The van der Waals surface area contributed by atoms with E-state index in [2.05, 4.69) is 19.2 Å². The summed E-state index contributed by atoms with van der Waals surface area (Å²) < 4.78 is 16.7. The number of amides is 1. The van der Waals surface area contributed by atoms with Crippen molar-refractivity contribution in [1.82, 2.24) is 0 Å². The van der Waals surface area contributed by atoms with Crippen molar-refractivity contribution in [1.29, 1.82) is 0 Å². The molecule has 0 radical (unpaired) electrons. The summed E-state index contributed by atoms with van der Waals surface area (Å²) in [4.78, 5) is 37.9. The lowest BCUT2D eigenvalue weighted by Gasteiger charge is -2.10. The summed E-state index contributed by atoms with van der Waals surface area (Å²) >= 11 is 0. The van der Waals surface area contributed by atoms with Gasteiger partial charge in [0.2, 0.25) is 5.76 Å². The Balaban J connectivity index is 1.68. The fraction of sp³-hybridized carbons (Fsp3) is 0.414. The average molecular weight is 494 g/mol. The van der Waals surface area contributed by atoms with E-state index >= 15 is 0 Å². The zero-order chi connectivity index (χ0) is 25.8. The number of carbonyl (C=O) groups is 2. The summed E-state index contributed by atoms with van der Waals surface area (Å²) in [5, 5.41) is 3.05. The van der Waals surface area contributed by atoms with Crippen molar-refractivity contribution in [3.05, 3.63) is 70.1 Å². The molecule has 0 atom stereocenters. The third-order valence-corrected chi connectivity index (χ3v) is 5.82. The summed E-state index contributed by atoms with van der Waals surface area (Å²) in [6.45, 7) is 5.17. The summed E-state index contributed by atoms with van der Waals surface area (Å²) in [5.41, 5.74) is 0.466. The predicted molar refractivity (Wildman–Crippen MR) is 141 cm³/mol. The highest BCUT2D eigenvalue weighted by Crippen LogP contribution is 2.24. The number of hydrogen-bond donors (Lipinski definition) is 1.